The molecule has 6 rings (SSSR count). The molecule has 1 heterocycles. The highest BCUT2D eigenvalue weighted by molar-refractivity contribution is 7.90. The normalized spacial score (nSPS) is 28.2. The molecular weight excluding hydrogens is 493 g/mol. The van der Waals surface area contributed by atoms with Crippen LogP contribution < -0.4 is 4.72 Å². The van der Waals surface area contributed by atoms with Crippen molar-refractivity contribution in [2.45, 2.75) is 68.0 Å². The Balaban J connectivity index is 1.34. The molecule has 0 aromatic heterocycles. The maximum atomic E-state index is 15.7. The second-order valence-electron chi connectivity index (χ2n) is 10.6. The fourth-order valence-corrected chi connectivity index (χ4v) is 7.31. The van der Waals surface area contributed by atoms with Gasteiger partial charge in [0.25, 0.3) is 5.91 Å². The lowest BCUT2D eigenvalue weighted by molar-refractivity contribution is -0.143. The van der Waals surface area contributed by atoms with Gasteiger partial charge < -0.3 is 10.0 Å². The summed E-state index contributed by atoms with van der Waals surface area (Å²) in [4.78, 5) is 14.9. The highest BCUT2D eigenvalue weighted by atomic mass is 32.2. The Hall–Kier alpha value is -2.43. The molecule has 4 fully saturated rings. The van der Waals surface area contributed by atoms with E-state index in [1.54, 1.807) is 11.0 Å². The van der Waals surface area contributed by atoms with Crippen LogP contribution in [0.1, 0.15) is 37.7 Å². The maximum Gasteiger partial charge on any atom is 0.252 e. The van der Waals surface area contributed by atoms with Gasteiger partial charge in [-0.15, -0.1) is 0 Å². The van der Waals surface area contributed by atoms with E-state index >= 15 is 4.39 Å². The number of nitrogens with one attached hydrogen (secondary N) is 1. The molecule has 4 unspecified atom stereocenters. The van der Waals surface area contributed by atoms with Gasteiger partial charge >= 0.3 is 0 Å². The van der Waals surface area contributed by atoms with Crippen molar-refractivity contribution in [1.82, 2.24) is 9.62 Å². The van der Waals surface area contributed by atoms with E-state index in [9.17, 15) is 27.1 Å². The third kappa shape index (κ3) is 4.33. The van der Waals surface area contributed by atoms with Crippen molar-refractivity contribution >= 4 is 15.9 Å². The molecule has 2 aromatic rings. The zero-order chi connectivity index (χ0) is 25.4. The van der Waals surface area contributed by atoms with Crippen LogP contribution in [0, 0.1) is 29.3 Å². The molecule has 192 valence electrons. The number of sulfonamides is 1. The lowest BCUT2D eigenvalue weighted by atomic mass is 9.94. The molecule has 0 spiro atoms. The fraction of sp³-hybridized carbons (Fsp3) is 0.500. The standard InChI is InChI=1S/C26H27F3N2O4S/c27-16-8-15(9-17(28)11-16)19-3-1-2-14(23(19)29)10-22-24(30-36(34,35)18-6-7-18)20-12-21(20)31(22)26(33)25(32)13-4-5-13/h1-3,8-9,11,13,18,20-22,24-25,30,32H,4-7,10,12H2/t20?,21?,22?,24?,25-/m1/s1. The monoisotopic (exact) mass is 520 g/mol. The first-order valence-electron chi connectivity index (χ1n) is 12.4. The summed E-state index contributed by atoms with van der Waals surface area (Å²) >= 11 is 0. The highest BCUT2D eigenvalue weighted by Crippen LogP contribution is 2.50. The van der Waals surface area contributed by atoms with Crippen LogP contribution in [-0.2, 0) is 21.2 Å². The molecule has 4 aliphatic rings. The van der Waals surface area contributed by atoms with E-state index in [-0.39, 0.29) is 41.0 Å². The first kappa shape index (κ1) is 23.9. The molecule has 1 amide bonds. The van der Waals surface area contributed by atoms with Crippen LogP contribution in [-0.4, -0.2) is 53.8 Å². The van der Waals surface area contributed by atoms with Crippen LogP contribution >= 0.6 is 0 Å². The number of likely N-dealkylation sites (tertiary alicyclic amines) is 1. The predicted octanol–water partition coefficient (Wildman–Crippen LogP) is 3.13. The Labute approximate surface area is 207 Å². The number of carbonyl (C=O) groups is 1. The number of amides is 1. The largest absolute Gasteiger partial charge is 0.383 e. The Morgan fingerprint density at radius 1 is 1.08 bits per heavy atom. The van der Waals surface area contributed by atoms with Crippen molar-refractivity contribution in [2.75, 3.05) is 0 Å². The summed E-state index contributed by atoms with van der Waals surface area (Å²) in [6, 6.07) is 5.85. The summed E-state index contributed by atoms with van der Waals surface area (Å²) in [6.45, 7) is 0. The van der Waals surface area contributed by atoms with Crippen LogP contribution in [0.25, 0.3) is 11.1 Å². The number of piperidine rings is 1. The van der Waals surface area contributed by atoms with Gasteiger partial charge in [-0.1, -0.05) is 18.2 Å². The molecule has 0 bridgehead atoms. The van der Waals surface area contributed by atoms with Crippen LogP contribution in [0.4, 0.5) is 13.2 Å². The molecule has 1 aliphatic heterocycles. The van der Waals surface area contributed by atoms with Gasteiger partial charge in [0.1, 0.15) is 23.6 Å². The molecule has 2 N–H and O–H groups in total. The van der Waals surface area contributed by atoms with E-state index in [4.69, 9.17) is 0 Å². The highest BCUT2D eigenvalue weighted by Gasteiger charge is 2.62. The minimum atomic E-state index is -3.57. The van der Waals surface area contributed by atoms with Crippen LogP contribution in [0.15, 0.2) is 36.4 Å². The van der Waals surface area contributed by atoms with Gasteiger partial charge in [0.15, 0.2) is 0 Å². The SMILES string of the molecule is O=C([C@H](O)C1CC1)N1C2CC2C(NS(=O)(=O)C2CC2)C1Cc1cccc(-c2cc(F)cc(F)c2)c1F. The van der Waals surface area contributed by atoms with E-state index < -0.39 is 56.8 Å². The number of carbonyl (C=O) groups excluding carboxylic acids is 1. The molecule has 2 aromatic carbocycles. The van der Waals surface area contributed by atoms with Crippen molar-refractivity contribution < 1.29 is 31.5 Å². The molecule has 5 atom stereocenters. The molecule has 6 nitrogen and oxygen atoms in total. The number of benzene rings is 2. The molecular formula is C26H27F3N2O4S. The Morgan fingerprint density at radius 2 is 1.78 bits per heavy atom. The van der Waals surface area contributed by atoms with Gasteiger partial charge in [-0.3, -0.25) is 4.79 Å². The van der Waals surface area contributed by atoms with Crippen LogP contribution in [0.5, 0.6) is 0 Å². The van der Waals surface area contributed by atoms with Crippen molar-refractivity contribution in [3.63, 3.8) is 0 Å². The Kier molecular flexibility index (Phi) is 5.69. The van der Waals surface area contributed by atoms with Crippen molar-refractivity contribution in [3.8, 4) is 11.1 Å². The average Bonchev–Trinajstić information content (AvgIpc) is 3.67. The van der Waals surface area contributed by atoms with Gasteiger partial charge in [0, 0.05) is 23.7 Å². The zero-order valence-electron chi connectivity index (χ0n) is 19.4. The average molecular weight is 521 g/mol. The first-order valence-corrected chi connectivity index (χ1v) is 13.9. The number of hydrogen-bond donors (Lipinski definition) is 2. The topological polar surface area (TPSA) is 86.7 Å². The van der Waals surface area contributed by atoms with Crippen molar-refractivity contribution in [1.29, 1.82) is 0 Å². The summed E-state index contributed by atoms with van der Waals surface area (Å²) in [7, 11) is -3.57. The number of rotatable bonds is 8. The number of nitrogens with zero attached hydrogens (tertiary/aromatic N) is 1. The quantitative estimate of drug-likeness (QED) is 0.560. The minimum Gasteiger partial charge on any atom is -0.383 e. The summed E-state index contributed by atoms with van der Waals surface area (Å²) in [5, 5.41) is 10.1. The van der Waals surface area contributed by atoms with E-state index in [0.717, 1.165) is 25.0 Å². The van der Waals surface area contributed by atoms with E-state index in [2.05, 4.69) is 4.72 Å². The van der Waals surface area contributed by atoms with E-state index in [1.807, 2.05) is 0 Å². The summed E-state index contributed by atoms with van der Waals surface area (Å²) in [6.07, 6.45) is 2.18. The van der Waals surface area contributed by atoms with Crippen LogP contribution in [0.2, 0.25) is 0 Å². The Bertz CT molecular complexity index is 1310. The Morgan fingerprint density at radius 3 is 2.42 bits per heavy atom. The van der Waals surface area contributed by atoms with Gasteiger partial charge in [0.05, 0.1) is 11.3 Å². The van der Waals surface area contributed by atoms with Crippen LogP contribution in [0.3, 0.4) is 0 Å². The number of aliphatic hydroxyl groups is 1. The summed E-state index contributed by atoms with van der Waals surface area (Å²) < 4.78 is 71.7. The zero-order valence-corrected chi connectivity index (χ0v) is 20.2. The summed E-state index contributed by atoms with van der Waals surface area (Å²) in [5.41, 5.74) is 0.266. The lowest BCUT2D eigenvalue weighted by Gasteiger charge is -2.34. The predicted molar refractivity (Wildman–Crippen MR) is 126 cm³/mol. The minimum absolute atomic E-state index is 0.00541. The third-order valence-corrected chi connectivity index (χ3v) is 9.87. The first-order chi connectivity index (χ1) is 17.1. The smallest absolute Gasteiger partial charge is 0.252 e. The molecule has 3 saturated carbocycles. The summed E-state index contributed by atoms with van der Waals surface area (Å²) in [5.74, 6) is -2.96. The molecule has 0 radical (unpaired) electrons. The number of halogens is 3. The second kappa shape index (κ2) is 8.56. The number of fused-ring (bicyclic) bond motifs is 1. The van der Waals surface area contributed by atoms with Crippen molar-refractivity contribution in [3.05, 3.63) is 59.4 Å². The van der Waals surface area contributed by atoms with Gasteiger partial charge in [-0.2, -0.15) is 0 Å². The third-order valence-electron chi connectivity index (χ3n) is 7.92. The molecule has 1 saturated heterocycles. The maximum absolute atomic E-state index is 15.7. The van der Waals surface area contributed by atoms with Gasteiger partial charge in [0.2, 0.25) is 10.0 Å². The molecule has 36 heavy (non-hydrogen) atoms. The number of aliphatic hydroxyl groups excluding tert-OH is 1. The van der Waals surface area contributed by atoms with Gasteiger partial charge in [-0.25, -0.2) is 26.3 Å². The number of hydrogen-bond acceptors (Lipinski definition) is 4. The second-order valence-corrected chi connectivity index (χ2v) is 12.6. The lowest BCUT2D eigenvalue weighted by Crippen LogP contribution is -2.53. The van der Waals surface area contributed by atoms with E-state index in [0.29, 0.717) is 25.3 Å². The van der Waals surface area contributed by atoms with Crippen molar-refractivity contribution in [2.24, 2.45) is 11.8 Å². The molecule has 3 aliphatic carbocycles. The van der Waals surface area contributed by atoms with E-state index in [1.165, 1.54) is 12.1 Å². The van der Waals surface area contributed by atoms with Gasteiger partial charge in [-0.05, 0) is 73.6 Å². The molecule has 10 heteroatoms. The fourth-order valence-electron chi connectivity index (χ4n) is 5.65.